The minimum atomic E-state index is 0.533. The number of hydrogen-bond donors (Lipinski definition) is 0. The van der Waals surface area contributed by atoms with Crippen molar-refractivity contribution in [3.8, 4) is 11.3 Å². The van der Waals surface area contributed by atoms with Crippen LogP contribution in [0.3, 0.4) is 0 Å². The summed E-state index contributed by atoms with van der Waals surface area (Å²) in [6, 6.07) is 14.0. The van der Waals surface area contributed by atoms with Crippen LogP contribution in [0.1, 0.15) is 68.2 Å². The zero-order valence-electron chi connectivity index (χ0n) is 17.4. The molecule has 0 bridgehead atoms. The van der Waals surface area contributed by atoms with E-state index in [0.717, 1.165) is 0 Å². The van der Waals surface area contributed by atoms with Crippen LogP contribution in [0.2, 0.25) is 0 Å². The number of aryl methyl sites for hydroxylation is 2. The molecule has 1 heterocycles. The molecule has 0 fully saturated rings. The standard InChI is InChI=1S/C25H32N/c1-8-17(4)20-9-10-23-21(14-20)11-12-26(7)25(23)24-15-22(16(2)3)13-18(5)19(24)6/h9-17H,8H2,1-7H3/q+1. The van der Waals surface area contributed by atoms with E-state index < -0.39 is 0 Å². The molecule has 0 spiro atoms. The van der Waals surface area contributed by atoms with Gasteiger partial charge in [0.2, 0.25) is 5.69 Å². The van der Waals surface area contributed by atoms with Crippen molar-refractivity contribution in [1.82, 2.24) is 0 Å². The third-order valence-electron chi connectivity index (χ3n) is 5.95. The molecule has 3 aromatic rings. The fraction of sp³-hybridized carbons (Fsp3) is 0.400. The lowest BCUT2D eigenvalue weighted by Gasteiger charge is -2.15. The maximum absolute atomic E-state index is 2.39. The van der Waals surface area contributed by atoms with Crippen LogP contribution in [0.4, 0.5) is 0 Å². The van der Waals surface area contributed by atoms with Gasteiger partial charge in [0.15, 0.2) is 6.20 Å². The monoisotopic (exact) mass is 346 g/mol. The van der Waals surface area contributed by atoms with Crippen LogP contribution in [-0.2, 0) is 7.05 Å². The van der Waals surface area contributed by atoms with E-state index >= 15 is 0 Å². The average molecular weight is 347 g/mol. The van der Waals surface area contributed by atoms with Gasteiger partial charge in [-0.15, -0.1) is 0 Å². The van der Waals surface area contributed by atoms with Crippen molar-refractivity contribution in [2.45, 2.75) is 59.8 Å². The Morgan fingerprint density at radius 1 is 0.923 bits per heavy atom. The Labute approximate surface area is 158 Å². The first-order valence-electron chi connectivity index (χ1n) is 9.87. The van der Waals surface area contributed by atoms with Crippen molar-refractivity contribution in [3.05, 3.63) is 64.8 Å². The summed E-state index contributed by atoms with van der Waals surface area (Å²) in [6.07, 6.45) is 3.38. The van der Waals surface area contributed by atoms with Crippen molar-refractivity contribution < 1.29 is 4.57 Å². The topological polar surface area (TPSA) is 3.88 Å². The van der Waals surface area contributed by atoms with E-state index in [0.29, 0.717) is 11.8 Å². The molecule has 0 aliphatic heterocycles. The lowest BCUT2D eigenvalue weighted by Crippen LogP contribution is -2.31. The number of nitrogens with zero attached hydrogens (tertiary/aromatic N) is 1. The first kappa shape index (κ1) is 18.6. The second-order valence-corrected chi connectivity index (χ2v) is 8.10. The molecular weight excluding hydrogens is 314 g/mol. The summed E-state index contributed by atoms with van der Waals surface area (Å²) in [5.41, 5.74) is 8.28. The smallest absolute Gasteiger partial charge is 0.200 e. The Balaban J connectivity index is 2.30. The summed E-state index contributed by atoms with van der Waals surface area (Å²) in [7, 11) is 2.16. The predicted octanol–water partition coefficient (Wildman–Crippen LogP) is 6.59. The molecule has 136 valence electrons. The van der Waals surface area contributed by atoms with E-state index in [2.05, 4.69) is 95.8 Å². The molecule has 1 heteroatoms. The number of pyridine rings is 1. The number of rotatable bonds is 4. The highest BCUT2D eigenvalue weighted by Crippen LogP contribution is 2.33. The molecule has 0 N–H and O–H groups in total. The maximum Gasteiger partial charge on any atom is 0.220 e. The first-order chi connectivity index (χ1) is 12.3. The molecule has 1 aromatic heterocycles. The van der Waals surface area contributed by atoms with Crippen LogP contribution < -0.4 is 4.57 Å². The normalized spacial score (nSPS) is 12.8. The highest BCUT2D eigenvalue weighted by Gasteiger charge is 2.20. The van der Waals surface area contributed by atoms with Gasteiger partial charge >= 0.3 is 0 Å². The summed E-state index contributed by atoms with van der Waals surface area (Å²) in [6.45, 7) is 13.6. The van der Waals surface area contributed by atoms with Crippen LogP contribution >= 0.6 is 0 Å². The lowest BCUT2D eigenvalue weighted by molar-refractivity contribution is -0.659. The molecule has 26 heavy (non-hydrogen) atoms. The van der Waals surface area contributed by atoms with Gasteiger partial charge < -0.3 is 0 Å². The van der Waals surface area contributed by atoms with Crippen LogP contribution in [0, 0.1) is 13.8 Å². The van der Waals surface area contributed by atoms with Gasteiger partial charge in [-0.25, -0.2) is 4.57 Å². The van der Waals surface area contributed by atoms with Gasteiger partial charge in [-0.1, -0.05) is 45.9 Å². The largest absolute Gasteiger partial charge is 0.220 e. The van der Waals surface area contributed by atoms with Crippen LogP contribution in [0.5, 0.6) is 0 Å². The molecule has 0 saturated heterocycles. The summed E-state index contributed by atoms with van der Waals surface area (Å²) in [5, 5.41) is 2.67. The molecule has 1 unspecified atom stereocenters. The quantitative estimate of drug-likeness (QED) is 0.469. The minimum Gasteiger partial charge on any atom is -0.200 e. The Morgan fingerprint density at radius 3 is 2.31 bits per heavy atom. The zero-order valence-corrected chi connectivity index (χ0v) is 17.4. The second-order valence-electron chi connectivity index (χ2n) is 8.10. The van der Waals surface area contributed by atoms with E-state index in [4.69, 9.17) is 0 Å². The highest BCUT2D eigenvalue weighted by molar-refractivity contribution is 5.94. The minimum absolute atomic E-state index is 0.533. The van der Waals surface area contributed by atoms with E-state index in [1.54, 1.807) is 0 Å². The number of hydrogen-bond acceptors (Lipinski definition) is 0. The average Bonchev–Trinajstić information content (AvgIpc) is 2.63. The van der Waals surface area contributed by atoms with E-state index in [1.807, 2.05) is 0 Å². The third-order valence-corrected chi connectivity index (χ3v) is 5.95. The summed E-state index contributed by atoms with van der Waals surface area (Å²) in [4.78, 5) is 0. The predicted molar refractivity (Wildman–Crippen MR) is 113 cm³/mol. The van der Waals surface area contributed by atoms with Gasteiger partial charge in [0.1, 0.15) is 7.05 Å². The van der Waals surface area contributed by atoms with Gasteiger partial charge in [-0.05, 0) is 71.9 Å². The van der Waals surface area contributed by atoms with Gasteiger partial charge in [-0.2, -0.15) is 0 Å². The number of benzene rings is 2. The molecule has 2 aromatic carbocycles. The molecule has 0 amide bonds. The van der Waals surface area contributed by atoms with Crippen LogP contribution in [-0.4, -0.2) is 0 Å². The molecule has 3 rings (SSSR count). The number of fused-ring (bicyclic) bond motifs is 1. The van der Waals surface area contributed by atoms with Gasteiger partial charge in [0, 0.05) is 6.07 Å². The van der Waals surface area contributed by atoms with Crippen molar-refractivity contribution in [2.24, 2.45) is 7.05 Å². The second kappa shape index (κ2) is 7.23. The Bertz CT molecular complexity index is 950. The van der Waals surface area contributed by atoms with Gasteiger partial charge in [-0.3, -0.25) is 0 Å². The molecule has 1 atom stereocenters. The maximum atomic E-state index is 2.39. The third kappa shape index (κ3) is 3.28. The zero-order chi connectivity index (χ0) is 19.0. The van der Waals surface area contributed by atoms with E-state index in [-0.39, 0.29) is 0 Å². The van der Waals surface area contributed by atoms with Crippen molar-refractivity contribution >= 4 is 10.8 Å². The van der Waals surface area contributed by atoms with Crippen LogP contribution in [0.15, 0.2) is 42.6 Å². The van der Waals surface area contributed by atoms with E-state index in [9.17, 15) is 0 Å². The lowest BCUT2D eigenvalue weighted by atomic mass is 9.90. The molecule has 0 aliphatic carbocycles. The summed E-state index contributed by atoms with van der Waals surface area (Å²) >= 11 is 0. The molecule has 0 radical (unpaired) electrons. The van der Waals surface area contributed by atoms with Crippen molar-refractivity contribution in [1.29, 1.82) is 0 Å². The van der Waals surface area contributed by atoms with E-state index in [1.165, 1.54) is 50.7 Å². The fourth-order valence-corrected chi connectivity index (χ4v) is 3.74. The van der Waals surface area contributed by atoms with Crippen molar-refractivity contribution in [2.75, 3.05) is 0 Å². The fourth-order valence-electron chi connectivity index (χ4n) is 3.74. The Kier molecular flexibility index (Phi) is 5.18. The molecule has 1 nitrogen and oxygen atoms in total. The van der Waals surface area contributed by atoms with Gasteiger partial charge in [0.05, 0.1) is 10.9 Å². The van der Waals surface area contributed by atoms with Gasteiger partial charge in [0.25, 0.3) is 0 Å². The SMILES string of the molecule is CCC(C)c1ccc2c(-c3cc(C(C)C)cc(C)c3C)[n+](C)ccc2c1. The summed E-state index contributed by atoms with van der Waals surface area (Å²) in [5.74, 6) is 1.13. The molecule has 0 saturated carbocycles. The highest BCUT2D eigenvalue weighted by atomic mass is 14.9. The molecule has 0 aliphatic rings. The van der Waals surface area contributed by atoms with Crippen LogP contribution in [0.25, 0.3) is 22.0 Å². The van der Waals surface area contributed by atoms with Crippen molar-refractivity contribution in [3.63, 3.8) is 0 Å². The Morgan fingerprint density at radius 2 is 1.65 bits per heavy atom. The number of aromatic nitrogens is 1. The molecular formula is C25H32N+. The Hall–Kier alpha value is -2.15. The summed E-state index contributed by atoms with van der Waals surface area (Å²) < 4.78 is 2.27. The first-order valence-corrected chi connectivity index (χ1v) is 9.87.